The Hall–Kier alpha value is -3.01. The van der Waals surface area contributed by atoms with E-state index >= 15 is 0 Å². The number of hydrogen-bond donors (Lipinski definition) is 0. The molecule has 0 radical (unpaired) electrons. The van der Waals surface area contributed by atoms with Crippen molar-refractivity contribution < 1.29 is 18.3 Å². The molecule has 4 aromatic rings. The van der Waals surface area contributed by atoms with Gasteiger partial charge in [-0.15, -0.1) is 0 Å². The van der Waals surface area contributed by atoms with Crippen molar-refractivity contribution in [3.8, 4) is 11.5 Å². The van der Waals surface area contributed by atoms with Crippen LogP contribution in [-0.2, 0) is 6.42 Å². The highest BCUT2D eigenvalue weighted by Crippen LogP contribution is 2.33. The van der Waals surface area contributed by atoms with Crippen LogP contribution in [0.1, 0.15) is 11.1 Å². The fraction of sp³-hybridized carbons (Fsp3) is 0.143. The zero-order valence-corrected chi connectivity index (χ0v) is 14.0. The van der Waals surface area contributed by atoms with Gasteiger partial charge < -0.3 is 13.9 Å². The molecule has 0 spiro atoms. The van der Waals surface area contributed by atoms with Gasteiger partial charge in [0.05, 0.1) is 14.2 Å². The first-order chi connectivity index (χ1) is 12.2. The molecule has 1 heterocycles. The van der Waals surface area contributed by atoms with E-state index in [2.05, 4.69) is 0 Å². The van der Waals surface area contributed by atoms with Gasteiger partial charge in [-0.1, -0.05) is 12.1 Å². The molecule has 0 fully saturated rings. The molecule has 0 aliphatic carbocycles. The van der Waals surface area contributed by atoms with E-state index in [1.54, 1.807) is 20.3 Å². The first kappa shape index (κ1) is 15.5. The van der Waals surface area contributed by atoms with Gasteiger partial charge in [0.25, 0.3) is 0 Å². The van der Waals surface area contributed by atoms with E-state index in [0.717, 1.165) is 39.0 Å². The van der Waals surface area contributed by atoms with Crippen LogP contribution in [0.3, 0.4) is 0 Å². The van der Waals surface area contributed by atoms with Crippen LogP contribution >= 0.6 is 0 Å². The number of furan rings is 1. The van der Waals surface area contributed by atoms with Crippen molar-refractivity contribution in [1.29, 1.82) is 0 Å². The number of rotatable bonds is 4. The summed E-state index contributed by atoms with van der Waals surface area (Å²) in [5, 5.41) is 1.74. The highest BCUT2D eigenvalue weighted by molar-refractivity contribution is 6.06. The number of benzene rings is 3. The van der Waals surface area contributed by atoms with E-state index in [1.165, 1.54) is 12.1 Å². The Morgan fingerprint density at radius 2 is 1.64 bits per heavy atom. The third-order valence-corrected chi connectivity index (χ3v) is 4.35. The van der Waals surface area contributed by atoms with Crippen LogP contribution in [0.5, 0.6) is 11.5 Å². The molecule has 3 nitrogen and oxygen atoms in total. The Bertz CT molecular complexity index is 1040. The number of halogens is 1. The van der Waals surface area contributed by atoms with Crippen LogP contribution in [0.4, 0.5) is 4.39 Å². The summed E-state index contributed by atoms with van der Waals surface area (Å²) in [5.41, 5.74) is 3.56. The minimum Gasteiger partial charge on any atom is -0.497 e. The SMILES string of the molecule is COc1cc(Cc2cccc3oc4ccc(F)cc4c23)cc(OC)c1. The van der Waals surface area contributed by atoms with Crippen molar-refractivity contribution >= 4 is 21.9 Å². The number of methoxy groups -OCH3 is 2. The first-order valence-corrected chi connectivity index (χ1v) is 7.99. The van der Waals surface area contributed by atoms with Gasteiger partial charge in [0.15, 0.2) is 0 Å². The molecule has 4 rings (SSSR count). The second-order valence-electron chi connectivity index (χ2n) is 5.93. The molecule has 4 heteroatoms. The van der Waals surface area contributed by atoms with Crippen molar-refractivity contribution in [2.45, 2.75) is 6.42 Å². The lowest BCUT2D eigenvalue weighted by atomic mass is 9.99. The number of fused-ring (bicyclic) bond motifs is 3. The summed E-state index contributed by atoms with van der Waals surface area (Å²) in [5.74, 6) is 1.21. The van der Waals surface area contributed by atoms with Crippen LogP contribution in [-0.4, -0.2) is 14.2 Å². The minimum atomic E-state index is -0.270. The highest BCUT2D eigenvalue weighted by atomic mass is 19.1. The lowest BCUT2D eigenvalue weighted by Gasteiger charge is -2.09. The van der Waals surface area contributed by atoms with Gasteiger partial charge in [0.1, 0.15) is 28.5 Å². The molecule has 0 saturated carbocycles. The summed E-state index contributed by atoms with van der Waals surface area (Å²) in [6.45, 7) is 0. The lowest BCUT2D eigenvalue weighted by Crippen LogP contribution is -1.93. The Kier molecular flexibility index (Phi) is 3.80. The highest BCUT2D eigenvalue weighted by Gasteiger charge is 2.13. The molecule has 25 heavy (non-hydrogen) atoms. The maximum absolute atomic E-state index is 13.7. The van der Waals surface area contributed by atoms with Gasteiger partial charge in [0, 0.05) is 16.8 Å². The third-order valence-electron chi connectivity index (χ3n) is 4.35. The summed E-state index contributed by atoms with van der Waals surface area (Å²) in [6, 6.07) is 16.3. The largest absolute Gasteiger partial charge is 0.497 e. The van der Waals surface area contributed by atoms with E-state index in [-0.39, 0.29) is 5.82 Å². The second kappa shape index (κ2) is 6.13. The average Bonchev–Trinajstić information content (AvgIpc) is 3.00. The Labute approximate surface area is 144 Å². The smallest absolute Gasteiger partial charge is 0.135 e. The lowest BCUT2D eigenvalue weighted by molar-refractivity contribution is 0.393. The molecule has 0 bridgehead atoms. The monoisotopic (exact) mass is 336 g/mol. The van der Waals surface area contributed by atoms with Crippen molar-refractivity contribution in [2.24, 2.45) is 0 Å². The molecular formula is C21H17FO3. The average molecular weight is 336 g/mol. The standard InChI is InChI=1S/C21H17FO3/c1-23-16-9-13(10-17(12-16)24-2)8-14-4-3-5-20-21(14)18-11-15(22)6-7-19(18)25-20/h3-7,9-12H,8H2,1-2H3. The molecule has 3 aromatic carbocycles. The molecule has 0 aliphatic rings. The molecular weight excluding hydrogens is 319 g/mol. The van der Waals surface area contributed by atoms with Crippen LogP contribution in [0.25, 0.3) is 21.9 Å². The summed E-state index contributed by atoms with van der Waals surface area (Å²) in [4.78, 5) is 0. The van der Waals surface area contributed by atoms with Crippen molar-refractivity contribution in [2.75, 3.05) is 14.2 Å². The van der Waals surface area contributed by atoms with E-state index < -0.39 is 0 Å². The maximum Gasteiger partial charge on any atom is 0.135 e. The fourth-order valence-electron chi connectivity index (χ4n) is 3.21. The predicted molar refractivity (Wildman–Crippen MR) is 96.0 cm³/mol. The zero-order chi connectivity index (χ0) is 17.4. The van der Waals surface area contributed by atoms with Gasteiger partial charge in [0.2, 0.25) is 0 Å². The number of ether oxygens (including phenoxy) is 2. The summed E-state index contributed by atoms with van der Waals surface area (Å²) < 4.78 is 30.3. The normalized spacial score (nSPS) is 11.2. The molecule has 0 atom stereocenters. The van der Waals surface area contributed by atoms with Crippen LogP contribution in [0, 0.1) is 5.82 Å². The Morgan fingerprint density at radius 1 is 0.880 bits per heavy atom. The van der Waals surface area contributed by atoms with Crippen LogP contribution in [0.2, 0.25) is 0 Å². The summed E-state index contributed by atoms with van der Waals surface area (Å²) in [7, 11) is 3.26. The van der Waals surface area contributed by atoms with E-state index in [4.69, 9.17) is 13.9 Å². The van der Waals surface area contributed by atoms with Crippen molar-refractivity contribution in [3.63, 3.8) is 0 Å². The summed E-state index contributed by atoms with van der Waals surface area (Å²) >= 11 is 0. The van der Waals surface area contributed by atoms with Crippen LogP contribution in [0.15, 0.2) is 59.0 Å². The van der Waals surface area contributed by atoms with Gasteiger partial charge in [-0.2, -0.15) is 0 Å². The van der Waals surface area contributed by atoms with Gasteiger partial charge in [-0.3, -0.25) is 0 Å². The quantitative estimate of drug-likeness (QED) is 0.504. The molecule has 0 amide bonds. The Morgan fingerprint density at radius 3 is 2.36 bits per heavy atom. The minimum absolute atomic E-state index is 0.270. The topological polar surface area (TPSA) is 31.6 Å². The fourth-order valence-corrected chi connectivity index (χ4v) is 3.21. The van der Waals surface area contributed by atoms with E-state index in [9.17, 15) is 4.39 Å². The third kappa shape index (κ3) is 2.80. The van der Waals surface area contributed by atoms with Gasteiger partial charge >= 0.3 is 0 Å². The first-order valence-electron chi connectivity index (χ1n) is 7.99. The molecule has 0 N–H and O–H groups in total. The Balaban J connectivity index is 1.87. The zero-order valence-electron chi connectivity index (χ0n) is 14.0. The van der Waals surface area contributed by atoms with Gasteiger partial charge in [-0.25, -0.2) is 4.39 Å². The molecule has 126 valence electrons. The van der Waals surface area contributed by atoms with E-state index in [1.807, 2.05) is 36.4 Å². The van der Waals surface area contributed by atoms with Crippen molar-refractivity contribution in [3.05, 3.63) is 71.5 Å². The molecule has 0 saturated heterocycles. The maximum atomic E-state index is 13.7. The van der Waals surface area contributed by atoms with Crippen molar-refractivity contribution in [1.82, 2.24) is 0 Å². The molecule has 0 unspecified atom stereocenters. The molecule has 0 aliphatic heterocycles. The molecule has 1 aromatic heterocycles. The number of hydrogen-bond acceptors (Lipinski definition) is 3. The predicted octanol–water partition coefficient (Wildman–Crippen LogP) is 5.33. The van der Waals surface area contributed by atoms with Crippen LogP contribution < -0.4 is 9.47 Å². The van der Waals surface area contributed by atoms with Gasteiger partial charge in [-0.05, 0) is 53.9 Å². The van der Waals surface area contributed by atoms with E-state index in [0.29, 0.717) is 12.0 Å². The second-order valence-corrected chi connectivity index (χ2v) is 5.93. The summed E-state index contributed by atoms with van der Waals surface area (Å²) in [6.07, 6.45) is 0.663.